The maximum absolute atomic E-state index is 6.03. The number of aromatic nitrogens is 2. The zero-order valence-electron chi connectivity index (χ0n) is 12.3. The van der Waals surface area contributed by atoms with Crippen LogP contribution in [0.2, 0.25) is 0 Å². The third kappa shape index (κ3) is 2.83. The van der Waals surface area contributed by atoms with Crippen molar-refractivity contribution in [1.29, 1.82) is 0 Å². The molecule has 2 heterocycles. The lowest BCUT2D eigenvalue weighted by atomic mass is 10.1. The van der Waals surface area contributed by atoms with Gasteiger partial charge in [-0.1, -0.05) is 30.3 Å². The topological polar surface area (TPSA) is 64.1 Å². The van der Waals surface area contributed by atoms with Crippen molar-refractivity contribution in [1.82, 2.24) is 15.5 Å². The van der Waals surface area contributed by atoms with Gasteiger partial charge in [0.1, 0.15) is 11.3 Å². The minimum atomic E-state index is 0.152. The zero-order valence-corrected chi connectivity index (χ0v) is 12.3. The van der Waals surface area contributed by atoms with E-state index < -0.39 is 0 Å². The van der Waals surface area contributed by atoms with Crippen LogP contribution in [0.5, 0.6) is 0 Å². The number of fused-ring (bicyclic) bond motifs is 1. The second kappa shape index (κ2) is 6.10. The Hall–Kier alpha value is -2.14. The van der Waals surface area contributed by atoms with Gasteiger partial charge < -0.3 is 14.3 Å². The van der Waals surface area contributed by atoms with E-state index in [1.165, 1.54) is 17.3 Å². The number of para-hydroxylation sites is 1. The van der Waals surface area contributed by atoms with Crippen molar-refractivity contribution in [3.8, 4) is 0 Å². The Bertz CT molecular complexity index is 703. The Balaban J connectivity index is 1.73. The van der Waals surface area contributed by atoms with Crippen molar-refractivity contribution in [2.24, 2.45) is 0 Å². The van der Waals surface area contributed by atoms with Crippen LogP contribution in [0.25, 0.3) is 11.0 Å². The highest BCUT2D eigenvalue weighted by Gasteiger charge is 2.17. The quantitative estimate of drug-likeness (QED) is 0.753. The van der Waals surface area contributed by atoms with E-state index in [9.17, 15) is 0 Å². The van der Waals surface area contributed by atoms with Gasteiger partial charge in [0, 0.05) is 23.9 Å². The monoisotopic (exact) mass is 285 g/mol. The third-order valence-corrected chi connectivity index (χ3v) is 3.68. The van der Waals surface area contributed by atoms with E-state index in [1.807, 2.05) is 12.1 Å². The number of aryl methyl sites for hydroxylation is 1. The molecule has 2 aromatic heterocycles. The van der Waals surface area contributed by atoms with Crippen molar-refractivity contribution in [3.63, 3.8) is 0 Å². The van der Waals surface area contributed by atoms with E-state index in [1.54, 1.807) is 0 Å². The molecule has 1 atom stereocenters. The van der Waals surface area contributed by atoms with Gasteiger partial charge >= 0.3 is 0 Å². The van der Waals surface area contributed by atoms with Crippen LogP contribution in [-0.4, -0.2) is 16.7 Å². The number of nitrogens with zero attached hydrogens (tertiary/aromatic N) is 2. The number of benzene rings is 1. The van der Waals surface area contributed by atoms with Crippen LogP contribution in [0.4, 0.5) is 0 Å². The van der Waals surface area contributed by atoms with Gasteiger partial charge in [0.15, 0.2) is 5.82 Å². The fourth-order valence-electron chi connectivity index (χ4n) is 2.63. The van der Waals surface area contributed by atoms with Crippen molar-refractivity contribution < 1.29 is 8.94 Å². The molecule has 0 radical (unpaired) electrons. The molecule has 0 aliphatic heterocycles. The van der Waals surface area contributed by atoms with Crippen LogP contribution in [-0.2, 0) is 12.8 Å². The minimum Gasteiger partial charge on any atom is -0.459 e. The van der Waals surface area contributed by atoms with Gasteiger partial charge in [0.05, 0.1) is 6.04 Å². The summed E-state index contributed by atoms with van der Waals surface area (Å²) < 4.78 is 10.8. The molecule has 0 bridgehead atoms. The molecule has 3 aromatic rings. The van der Waals surface area contributed by atoms with Crippen LogP contribution >= 0.6 is 0 Å². The average Bonchev–Trinajstić information content (AvgIpc) is 3.13. The Morgan fingerprint density at radius 3 is 2.90 bits per heavy atom. The van der Waals surface area contributed by atoms with Crippen LogP contribution in [0.1, 0.15) is 37.0 Å². The van der Waals surface area contributed by atoms with E-state index in [4.69, 9.17) is 8.94 Å². The first kappa shape index (κ1) is 13.8. The Kier molecular flexibility index (Phi) is 4.01. The summed E-state index contributed by atoms with van der Waals surface area (Å²) in [7, 11) is 0. The summed E-state index contributed by atoms with van der Waals surface area (Å²) in [4.78, 5) is 4.01. The number of hydrogen-bond donors (Lipinski definition) is 1. The highest BCUT2D eigenvalue weighted by molar-refractivity contribution is 5.82. The molecular weight excluding hydrogens is 266 g/mol. The van der Waals surface area contributed by atoms with Gasteiger partial charge in [-0.05, 0) is 19.4 Å². The molecule has 0 amide bonds. The molecule has 0 saturated carbocycles. The predicted molar refractivity (Wildman–Crippen MR) is 80.0 cm³/mol. The van der Waals surface area contributed by atoms with E-state index in [2.05, 4.69) is 41.4 Å². The highest BCUT2D eigenvalue weighted by Crippen LogP contribution is 2.30. The number of hydrogen-bond acceptors (Lipinski definition) is 5. The zero-order chi connectivity index (χ0) is 14.7. The van der Waals surface area contributed by atoms with E-state index in [0.717, 1.165) is 36.6 Å². The summed E-state index contributed by atoms with van der Waals surface area (Å²) in [5.41, 5.74) is 2.24. The molecule has 1 unspecified atom stereocenters. The molecule has 5 nitrogen and oxygen atoms in total. The lowest BCUT2D eigenvalue weighted by Gasteiger charge is -2.12. The summed E-state index contributed by atoms with van der Waals surface area (Å²) >= 11 is 0. The molecule has 0 saturated heterocycles. The van der Waals surface area contributed by atoms with E-state index >= 15 is 0 Å². The SMILES string of the molecule is CCc1c(C(C)NCCc2ncon2)oc2ccccc12. The molecule has 0 aliphatic carbocycles. The first-order chi connectivity index (χ1) is 10.3. The first-order valence-electron chi connectivity index (χ1n) is 7.28. The molecule has 1 aromatic carbocycles. The van der Waals surface area contributed by atoms with E-state index in [-0.39, 0.29) is 6.04 Å². The molecule has 0 fully saturated rings. The highest BCUT2D eigenvalue weighted by atomic mass is 16.5. The smallest absolute Gasteiger partial charge is 0.213 e. The molecule has 1 N–H and O–H groups in total. The maximum Gasteiger partial charge on any atom is 0.213 e. The third-order valence-electron chi connectivity index (χ3n) is 3.68. The molecule has 3 rings (SSSR count). The molecule has 0 spiro atoms. The average molecular weight is 285 g/mol. The minimum absolute atomic E-state index is 0.152. The fourth-order valence-corrected chi connectivity index (χ4v) is 2.63. The van der Waals surface area contributed by atoms with Crippen LogP contribution in [0, 0.1) is 0 Å². The Morgan fingerprint density at radius 1 is 1.29 bits per heavy atom. The van der Waals surface area contributed by atoms with E-state index in [0.29, 0.717) is 0 Å². The summed E-state index contributed by atoms with van der Waals surface area (Å²) in [6, 6.07) is 8.34. The summed E-state index contributed by atoms with van der Waals surface area (Å²) in [6.07, 6.45) is 3.05. The summed E-state index contributed by atoms with van der Waals surface area (Å²) in [5.74, 6) is 1.74. The van der Waals surface area contributed by atoms with Crippen molar-refractivity contribution >= 4 is 11.0 Å². The lowest BCUT2D eigenvalue weighted by molar-refractivity contribution is 0.406. The Morgan fingerprint density at radius 2 is 2.14 bits per heavy atom. The second-order valence-corrected chi connectivity index (χ2v) is 5.07. The molecule has 0 aliphatic rings. The number of furan rings is 1. The van der Waals surface area contributed by atoms with Gasteiger partial charge in [-0.15, -0.1) is 0 Å². The molecular formula is C16H19N3O2. The van der Waals surface area contributed by atoms with Crippen molar-refractivity contribution in [2.45, 2.75) is 32.7 Å². The van der Waals surface area contributed by atoms with Gasteiger partial charge in [0.25, 0.3) is 0 Å². The first-order valence-corrected chi connectivity index (χ1v) is 7.28. The normalized spacial score (nSPS) is 12.9. The van der Waals surface area contributed by atoms with Gasteiger partial charge in [-0.3, -0.25) is 0 Å². The van der Waals surface area contributed by atoms with Gasteiger partial charge in [-0.2, -0.15) is 4.98 Å². The molecule has 110 valence electrons. The number of rotatable bonds is 6. The standard InChI is InChI=1S/C16H19N3O2/c1-3-12-13-6-4-5-7-14(13)21-16(12)11(2)17-9-8-15-18-10-20-19-15/h4-7,10-11,17H,3,8-9H2,1-2H3. The lowest BCUT2D eigenvalue weighted by Crippen LogP contribution is -2.22. The number of nitrogens with one attached hydrogen (secondary N) is 1. The Labute approximate surface area is 123 Å². The van der Waals surface area contributed by atoms with Crippen LogP contribution < -0.4 is 5.32 Å². The largest absolute Gasteiger partial charge is 0.459 e. The van der Waals surface area contributed by atoms with Crippen LogP contribution in [0.15, 0.2) is 39.6 Å². The second-order valence-electron chi connectivity index (χ2n) is 5.07. The maximum atomic E-state index is 6.03. The summed E-state index contributed by atoms with van der Waals surface area (Å²) in [6.45, 7) is 5.06. The van der Waals surface area contributed by atoms with Crippen molar-refractivity contribution in [2.75, 3.05) is 6.54 Å². The van der Waals surface area contributed by atoms with Gasteiger partial charge in [0.2, 0.25) is 6.39 Å². The molecule has 21 heavy (non-hydrogen) atoms. The van der Waals surface area contributed by atoms with Crippen molar-refractivity contribution in [3.05, 3.63) is 47.8 Å². The van der Waals surface area contributed by atoms with Crippen LogP contribution in [0.3, 0.4) is 0 Å². The fraction of sp³-hybridized carbons (Fsp3) is 0.375. The molecule has 5 heteroatoms. The predicted octanol–water partition coefficient (Wildman–Crippen LogP) is 3.27. The summed E-state index contributed by atoms with van der Waals surface area (Å²) in [5, 5.41) is 8.47. The van der Waals surface area contributed by atoms with Gasteiger partial charge in [-0.25, -0.2) is 0 Å².